The first-order valence-electron chi connectivity index (χ1n) is 7.99. The summed E-state index contributed by atoms with van der Waals surface area (Å²) in [4.78, 5) is 29.8. The molecule has 0 bridgehead atoms. The number of rotatable bonds is 1. The van der Waals surface area contributed by atoms with Crippen LogP contribution >= 0.6 is 15.9 Å². The molecule has 2 fully saturated rings. The van der Waals surface area contributed by atoms with Crippen molar-refractivity contribution in [1.82, 2.24) is 4.90 Å². The summed E-state index contributed by atoms with van der Waals surface area (Å²) in [6, 6.07) is 6.10. The van der Waals surface area contributed by atoms with E-state index in [0.717, 1.165) is 35.1 Å². The molecule has 1 aromatic carbocycles. The predicted molar refractivity (Wildman–Crippen MR) is 90.9 cm³/mol. The lowest BCUT2D eigenvalue weighted by Crippen LogP contribution is -2.60. The van der Waals surface area contributed by atoms with E-state index in [-0.39, 0.29) is 17.9 Å². The first kappa shape index (κ1) is 15.1. The fourth-order valence-corrected chi connectivity index (χ4v) is 5.43. The minimum absolute atomic E-state index is 0.0312. The maximum Gasteiger partial charge on any atom is 0.253 e. The molecule has 0 aliphatic carbocycles. The van der Waals surface area contributed by atoms with Gasteiger partial charge in [-0.1, -0.05) is 15.9 Å². The van der Waals surface area contributed by atoms with Crippen LogP contribution in [0, 0.1) is 5.41 Å². The van der Waals surface area contributed by atoms with Gasteiger partial charge in [-0.25, -0.2) is 0 Å². The van der Waals surface area contributed by atoms with Crippen molar-refractivity contribution < 1.29 is 9.59 Å². The average molecular weight is 378 g/mol. The largest absolute Gasteiger partial charge is 0.369 e. The van der Waals surface area contributed by atoms with Crippen molar-refractivity contribution in [3.8, 4) is 0 Å². The van der Waals surface area contributed by atoms with E-state index >= 15 is 0 Å². The van der Waals surface area contributed by atoms with Crippen molar-refractivity contribution in [2.75, 3.05) is 18.5 Å². The van der Waals surface area contributed by atoms with Gasteiger partial charge in [0.25, 0.3) is 5.91 Å². The number of primary amides is 1. The molecule has 23 heavy (non-hydrogen) atoms. The fourth-order valence-electron chi connectivity index (χ4n) is 5.07. The number of nitrogens with zero attached hydrogens (tertiary/aromatic N) is 2. The summed E-state index contributed by atoms with van der Waals surface area (Å²) in [5, 5.41) is 0. The summed E-state index contributed by atoms with van der Waals surface area (Å²) in [6.07, 6.45) is 2.72. The lowest BCUT2D eigenvalue weighted by atomic mass is 9.66. The zero-order valence-electron chi connectivity index (χ0n) is 13.3. The number of carbonyl (C=O) groups is 2. The Morgan fingerprint density at radius 2 is 2.17 bits per heavy atom. The van der Waals surface area contributed by atoms with Crippen LogP contribution in [0.5, 0.6) is 0 Å². The Morgan fingerprint density at radius 3 is 2.87 bits per heavy atom. The van der Waals surface area contributed by atoms with Gasteiger partial charge < -0.3 is 10.6 Å². The molecule has 0 saturated carbocycles. The van der Waals surface area contributed by atoms with E-state index < -0.39 is 11.0 Å². The SMILES string of the molecule is CN1C(=O)[C@@]2(c3cc(Br)ccc31)N1CCCC1C[C@@]2(C)C(N)=O. The Kier molecular flexibility index (Phi) is 3.01. The fraction of sp³-hybridized carbons (Fsp3) is 0.529. The van der Waals surface area contributed by atoms with Crippen LogP contribution in [-0.4, -0.2) is 36.3 Å². The molecule has 3 aliphatic rings. The van der Waals surface area contributed by atoms with Gasteiger partial charge in [-0.3, -0.25) is 14.5 Å². The molecule has 0 radical (unpaired) electrons. The van der Waals surface area contributed by atoms with E-state index in [4.69, 9.17) is 5.73 Å². The highest BCUT2D eigenvalue weighted by molar-refractivity contribution is 9.10. The number of fused-ring (bicyclic) bond motifs is 4. The molecule has 122 valence electrons. The molecule has 4 rings (SSSR count). The van der Waals surface area contributed by atoms with Gasteiger partial charge in [0.1, 0.15) is 5.54 Å². The number of nitrogens with two attached hydrogens (primary N) is 1. The van der Waals surface area contributed by atoms with Crippen molar-refractivity contribution in [3.05, 3.63) is 28.2 Å². The topological polar surface area (TPSA) is 66.6 Å². The number of carbonyl (C=O) groups excluding carboxylic acids is 2. The van der Waals surface area contributed by atoms with E-state index in [2.05, 4.69) is 20.8 Å². The highest BCUT2D eigenvalue weighted by Gasteiger charge is 2.72. The van der Waals surface area contributed by atoms with E-state index in [1.54, 1.807) is 11.9 Å². The summed E-state index contributed by atoms with van der Waals surface area (Å²) in [7, 11) is 1.79. The third-order valence-electron chi connectivity index (χ3n) is 6.12. The van der Waals surface area contributed by atoms with Crippen LogP contribution in [0.15, 0.2) is 22.7 Å². The number of amides is 2. The molecular formula is C17H20BrN3O2. The highest BCUT2D eigenvalue weighted by atomic mass is 79.9. The first-order valence-corrected chi connectivity index (χ1v) is 8.78. The van der Waals surface area contributed by atoms with Crippen LogP contribution < -0.4 is 10.6 Å². The molecule has 1 spiro atoms. The molecule has 5 nitrogen and oxygen atoms in total. The Hall–Kier alpha value is -1.40. The third-order valence-corrected chi connectivity index (χ3v) is 6.61. The Balaban J connectivity index is 2.06. The van der Waals surface area contributed by atoms with Gasteiger partial charge >= 0.3 is 0 Å². The Labute approximate surface area is 143 Å². The zero-order valence-corrected chi connectivity index (χ0v) is 14.9. The van der Waals surface area contributed by atoms with Gasteiger partial charge in [0.2, 0.25) is 5.91 Å². The van der Waals surface area contributed by atoms with Crippen LogP contribution in [-0.2, 0) is 15.1 Å². The molecule has 1 aromatic rings. The molecule has 1 unspecified atom stereocenters. The predicted octanol–water partition coefficient (Wildman–Crippen LogP) is 1.98. The van der Waals surface area contributed by atoms with Crippen LogP contribution in [0.1, 0.15) is 31.7 Å². The minimum Gasteiger partial charge on any atom is -0.369 e. The lowest BCUT2D eigenvalue weighted by Gasteiger charge is -2.42. The highest BCUT2D eigenvalue weighted by Crippen LogP contribution is 2.62. The molecule has 3 atom stereocenters. The molecular weight excluding hydrogens is 358 g/mol. The third kappa shape index (κ3) is 1.56. The summed E-state index contributed by atoms with van der Waals surface area (Å²) < 4.78 is 0.910. The quantitative estimate of drug-likeness (QED) is 0.813. The average Bonchev–Trinajstić information content (AvgIpc) is 3.09. The number of likely N-dealkylation sites (N-methyl/N-ethyl adjacent to an activating group) is 1. The van der Waals surface area contributed by atoms with Crippen molar-refractivity contribution in [1.29, 1.82) is 0 Å². The van der Waals surface area contributed by atoms with Crippen LogP contribution in [0.25, 0.3) is 0 Å². The molecule has 6 heteroatoms. The standard InChI is InChI=1S/C17H20BrN3O2/c1-16(14(19)22)9-11-4-3-7-21(11)17(16)12-8-10(18)5-6-13(12)20(2)15(17)23/h5-6,8,11H,3-4,7,9H2,1-2H3,(H2,19,22)/t11?,16-,17+/m0/s1. The summed E-state index contributed by atoms with van der Waals surface area (Å²) in [5.74, 6) is -0.419. The maximum atomic E-state index is 13.4. The van der Waals surface area contributed by atoms with Gasteiger partial charge in [0, 0.05) is 28.8 Å². The van der Waals surface area contributed by atoms with Crippen LogP contribution in [0.3, 0.4) is 0 Å². The molecule has 3 heterocycles. The molecule has 2 saturated heterocycles. The molecule has 2 N–H and O–H groups in total. The summed E-state index contributed by atoms with van der Waals surface area (Å²) in [5.41, 5.74) is 5.77. The van der Waals surface area contributed by atoms with Crippen molar-refractivity contribution in [3.63, 3.8) is 0 Å². The second-order valence-electron chi connectivity index (χ2n) is 7.13. The van der Waals surface area contributed by atoms with Gasteiger partial charge in [-0.2, -0.15) is 0 Å². The van der Waals surface area contributed by atoms with Gasteiger partial charge in [0.05, 0.1) is 5.41 Å². The molecule has 3 aliphatic heterocycles. The summed E-state index contributed by atoms with van der Waals surface area (Å²) in [6.45, 7) is 2.70. The monoisotopic (exact) mass is 377 g/mol. The minimum atomic E-state index is -0.964. The van der Waals surface area contributed by atoms with Crippen LogP contribution in [0.4, 0.5) is 5.69 Å². The molecule has 0 aromatic heterocycles. The number of hydrogen-bond acceptors (Lipinski definition) is 3. The Morgan fingerprint density at radius 1 is 1.43 bits per heavy atom. The first-order chi connectivity index (χ1) is 10.8. The normalized spacial score (nSPS) is 35.9. The van der Waals surface area contributed by atoms with E-state index in [1.807, 2.05) is 25.1 Å². The number of anilines is 1. The van der Waals surface area contributed by atoms with Gasteiger partial charge in [-0.15, -0.1) is 0 Å². The molecule has 2 amide bonds. The van der Waals surface area contributed by atoms with E-state index in [1.165, 1.54) is 0 Å². The van der Waals surface area contributed by atoms with Gasteiger partial charge in [0.15, 0.2) is 0 Å². The maximum absolute atomic E-state index is 13.4. The lowest BCUT2D eigenvalue weighted by molar-refractivity contribution is -0.144. The number of hydrogen-bond donors (Lipinski definition) is 1. The zero-order chi connectivity index (χ0) is 16.6. The Bertz CT molecular complexity index is 737. The van der Waals surface area contributed by atoms with E-state index in [9.17, 15) is 9.59 Å². The van der Waals surface area contributed by atoms with Crippen molar-refractivity contribution >= 4 is 33.4 Å². The van der Waals surface area contributed by atoms with Crippen molar-refractivity contribution in [2.45, 2.75) is 37.8 Å². The smallest absolute Gasteiger partial charge is 0.253 e. The van der Waals surface area contributed by atoms with E-state index in [0.29, 0.717) is 6.42 Å². The second-order valence-corrected chi connectivity index (χ2v) is 8.04. The summed E-state index contributed by atoms with van der Waals surface area (Å²) >= 11 is 3.52. The number of benzene rings is 1. The number of halogens is 1. The van der Waals surface area contributed by atoms with Gasteiger partial charge in [-0.05, 0) is 50.9 Å². The van der Waals surface area contributed by atoms with Crippen LogP contribution in [0.2, 0.25) is 0 Å². The second kappa shape index (κ2) is 4.57. The van der Waals surface area contributed by atoms with Crippen molar-refractivity contribution in [2.24, 2.45) is 11.1 Å².